The molecule has 0 bridgehead atoms. The zero-order chi connectivity index (χ0) is 17.9. The Kier molecular flexibility index (Phi) is 4.90. The molecule has 4 rings (SSSR count). The van der Waals surface area contributed by atoms with Crippen LogP contribution in [0.1, 0.15) is 38.5 Å². The molecule has 0 fully saturated rings. The second kappa shape index (κ2) is 7.47. The summed E-state index contributed by atoms with van der Waals surface area (Å²) in [6, 6.07) is 10.1. The number of aryl methyl sites for hydroxylation is 1. The van der Waals surface area contributed by atoms with Crippen molar-refractivity contribution >= 4 is 17.2 Å². The SMILES string of the molecule is Cc1ccc(CN2Cc3ccnn3[C@@H](CCNC(=O)c3ccco3)C2)s1. The van der Waals surface area contributed by atoms with E-state index in [1.54, 1.807) is 12.1 Å². The minimum absolute atomic E-state index is 0.169. The Hall–Kier alpha value is -2.38. The molecule has 1 aliphatic rings. The molecule has 0 saturated carbocycles. The van der Waals surface area contributed by atoms with Crippen LogP contribution in [0.15, 0.2) is 47.2 Å². The predicted molar refractivity (Wildman–Crippen MR) is 100 cm³/mol. The number of carbonyl (C=O) groups excluding carboxylic acids is 1. The Morgan fingerprint density at radius 1 is 1.38 bits per heavy atom. The lowest BCUT2D eigenvalue weighted by molar-refractivity contribution is 0.0919. The van der Waals surface area contributed by atoms with Gasteiger partial charge in [-0.05, 0) is 43.7 Å². The average molecular weight is 370 g/mol. The molecule has 0 radical (unpaired) electrons. The summed E-state index contributed by atoms with van der Waals surface area (Å²) in [7, 11) is 0. The minimum Gasteiger partial charge on any atom is -0.459 e. The Labute approximate surface area is 156 Å². The number of rotatable bonds is 6. The second-order valence-corrected chi connectivity index (χ2v) is 8.00. The summed E-state index contributed by atoms with van der Waals surface area (Å²) in [5, 5.41) is 7.43. The molecule has 3 aromatic rings. The fourth-order valence-corrected chi connectivity index (χ4v) is 4.37. The number of hydrogen-bond donors (Lipinski definition) is 1. The summed E-state index contributed by atoms with van der Waals surface area (Å²) < 4.78 is 7.24. The lowest BCUT2D eigenvalue weighted by Crippen LogP contribution is -2.38. The van der Waals surface area contributed by atoms with Crippen LogP contribution >= 0.6 is 11.3 Å². The molecule has 1 atom stereocenters. The number of nitrogens with zero attached hydrogens (tertiary/aromatic N) is 3. The maximum absolute atomic E-state index is 12.0. The van der Waals surface area contributed by atoms with Gasteiger partial charge >= 0.3 is 0 Å². The largest absolute Gasteiger partial charge is 0.459 e. The smallest absolute Gasteiger partial charge is 0.286 e. The van der Waals surface area contributed by atoms with Crippen LogP contribution in [0.4, 0.5) is 0 Å². The van der Waals surface area contributed by atoms with E-state index in [0.29, 0.717) is 12.3 Å². The van der Waals surface area contributed by atoms with E-state index in [0.717, 1.165) is 26.1 Å². The molecule has 0 aliphatic carbocycles. The molecule has 6 nitrogen and oxygen atoms in total. The highest BCUT2D eigenvalue weighted by Crippen LogP contribution is 2.26. The van der Waals surface area contributed by atoms with Crippen LogP contribution in [0.25, 0.3) is 0 Å². The highest BCUT2D eigenvalue weighted by Gasteiger charge is 2.25. The van der Waals surface area contributed by atoms with E-state index in [1.807, 2.05) is 17.5 Å². The number of fused-ring (bicyclic) bond motifs is 1. The molecule has 1 N–H and O–H groups in total. The zero-order valence-electron chi connectivity index (χ0n) is 14.7. The summed E-state index contributed by atoms with van der Waals surface area (Å²) in [4.78, 5) is 17.2. The Morgan fingerprint density at radius 2 is 2.31 bits per heavy atom. The standard InChI is InChI=1S/C19H22N4O2S/c1-14-4-5-17(26-14)13-22-11-15(23-16(12-22)7-9-21-23)6-8-20-19(24)18-3-2-10-25-18/h2-5,7,9-10,15H,6,8,11-13H2,1H3,(H,20,24)/t15-/m0/s1. The molecule has 0 aromatic carbocycles. The van der Waals surface area contributed by atoms with E-state index in [2.05, 4.69) is 45.1 Å². The van der Waals surface area contributed by atoms with Crippen molar-refractivity contribution in [2.75, 3.05) is 13.1 Å². The molecule has 1 amide bonds. The van der Waals surface area contributed by atoms with Crippen molar-refractivity contribution < 1.29 is 9.21 Å². The molecule has 0 saturated heterocycles. The van der Waals surface area contributed by atoms with Crippen LogP contribution in [0, 0.1) is 6.92 Å². The Morgan fingerprint density at radius 3 is 3.08 bits per heavy atom. The molecule has 0 spiro atoms. The molecule has 7 heteroatoms. The van der Waals surface area contributed by atoms with Crippen molar-refractivity contribution in [3.05, 3.63) is 64.0 Å². The number of nitrogens with one attached hydrogen (secondary N) is 1. The van der Waals surface area contributed by atoms with Crippen molar-refractivity contribution in [3.8, 4) is 0 Å². The first kappa shape index (κ1) is 17.1. The maximum Gasteiger partial charge on any atom is 0.286 e. The first-order valence-corrected chi connectivity index (χ1v) is 9.62. The summed E-state index contributed by atoms with van der Waals surface area (Å²) in [6.07, 6.45) is 4.21. The third-order valence-corrected chi connectivity index (χ3v) is 5.62. The van der Waals surface area contributed by atoms with Crippen LogP contribution in [-0.4, -0.2) is 33.7 Å². The molecule has 4 heterocycles. The Balaban J connectivity index is 1.37. The highest BCUT2D eigenvalue weighted by molar-refractivity contribution is 7.11. The molecular weight excluding hydrogens is 348 g/mol. The second-order valence-electron chi connectivity index (χ2n) is 6.62. The van der Waals surface area contributed by atoms with Crippen LogP contribution in [0.5, 0.6) is 0 Å². The van der Waals surface area contributed by atoms with E-state index in [9.17, 15) is 4.79 Å². The lowest BCUT2D eigenvalue weighted by atomic mass is 10.1. The van der Waals surface area contributed by atoms with Crippen LogP contribution < -0.4 is 5.32 Å². The van der Waals surface area contributed by atoms with Gasteiger partial charge in [-0.15, -0.1) is 11.3 Å². The molecule has 1 aliphatic heterocycles. The van der Waals surface area contributed by atoms with Gasteiger partial charge in [0.2, 0.25) is 0 Å². The van der Waals surface area contributed by atoms with Crippen LogP contribution in [0.2, 0.25) is 0 Å². The maximum atomic E-state index is 12.0. The number of furan rings is 1. The first-order valence-electron chi connectivity index (χ1n) is 8.81. The van der Waals surface area contributed by atoms with E-state index in [4.69, 9.17) is 4.42 Å². The molecule has 3 aromatic heterocycles. The van der Waals surface area contributed by atoms with Crippen molar-refractivity contribution in [2.45, 2.75) is 32.5 Å². The predicted octanol–water partition coefficient (Wildman–Crippen LogP) is 3.22. The normalized spacial score (nSPS) is 17.2. The lowest BCUT2D eigenvalue weighted by Gasteiger charge is -2.33. The highest BCUT2D eigenvalue weighted by atomic mass is 32.1. The van der Waals surface area contributed by atoms with Crippen LogP contribution in [-0.2, 0) is 13.1 Å². The molecule has 0 unspecified atom stereocenters. The van der Waals surface area contributed by atoms with Gasteiger partial charge < -0.3 is 9.73 Å². The number of hydrogen-bond acceptors (Lipinski definition) is 5. The van der Waals surface area contributed by atoms with E-state index < -0.39 is 0 Å². The average Bonchev–Trinajstić information content (AvgIpc) is 3.36. The summed E-state index contributed by atoms with van der Waals surface area (Å²) in [5.74, 6) is 0.181. The summed E-state index contributed by atoms with van der Waals surface area (Å²) in [6.45, 7) is 5.53. The minimum atomic E-state index is -0.169. The number of thiophene rings is 1. The molecular formula is C19H22N4O2S. The number of amides is 1. The summed E-state index contributed by atoms with van der Waals surface area (Å²) >= 11 is 1.85. The zero-order valence-corrected chi connectivity index (χ0v) is 15.5. The quantitative estimate of drug-likeness (QED) is 0.724. The van der Waals surface area contributed by atoms with Gasteiger partial charge in [0.05, 0.1) is 18.0 Å². The number of aromatic nitrogens is 2. The third kappa shape index (κ3) is 3.73. The van der Waals surface area contributed by atoms with Gasteiger partial charge in [0, 0.05) is 42.1 Å². The van der Waals surface area contributed by atoms with Crippen LogP contribution in [0.3, 0.4) is 0 Å². The van der Waals surface area contributed by atoms with Crippen molar-refractivity contribution in [3.63, 3.8) is 0 Å². The fourth-order valence-electron chi connectivity index (χ4n) is 3.44. The van der Waals surface area contributed by atoms with E-state index in [-0.39, 0.29) is 11.9 Å². The van der Waals surface area contributed by atoms with Gasteiger partial charge in [-0.1, -0.05) is 0 Å². The van der Waals surface area contributed by atoms with Gasteiger partial charge in [-0.2, -0.15) is 5.10 Å². The fraction of sp³-hybridized carbons (Fsp3) is 0.368. The van der Waals surface area contributed by atoms with Gasteiger partial charge in [0.15, 0.2) is 5.76 Å². The van der Waals surface area contributed by atoms with Crippen molar-refractivity contribution in [1.82, 2.24) is 20.0 Å². The summed E-state index contributed by atoms with van der Waals surface area (Å²) in [5.41, 5.74) is 1.23. The topological polar surface area (TPSA) is 63.3 Å². The van der Waals surface area contributed by atoms with Crippen molar-refractivity contribution in [2.24, 2.45) is 0 Å². The number of carbonyl (C=O) groups is 1. The van der Waals surface area contributed by atoms with E-state index in [1.165, 1.54) is 21.7 Å². The third-order valence-electron chi connectivity index (χ3n) is 4.64. The molecule has 26 heavy (non-hydrogen) atoms. The van der Waals surface area contributed by atoms with Gasteiger partial charge in [0.1, 0.15) is 0 Å². The van der Waals surface area contributed by atoms with Gasteiger partial charge in [0.25, 0.3) is 5.91 Å². The first-order chi connectivity index (χ1) is 12.7. The van der Waals surface area contributed by atoms with E-state index >= 15 is 0 Å². The van der Waals surface area contributed by atoms with Gasteiger partial charge in [-0.3, -0.25) is 14.4 Å². The Bertz CT molecular complexity index is 868. The van der Waals surface area contributed by atoms with Crippen molar-refractivity contribution in [1.29, 1.82) is 0 Å². The van der Waals surface area contributed by atoms with Gasteiger partial charge in [-0.25, -0.2) is 0 Å². The molecule has 136 valence electrons. The monoisotopic (exact) mass is 370 g/mol.